The van der Waals surface area contributed by atoms with Gasteiger partial charge in [-0.2, -0.15) is 4.98 Å². The van der Waals surface area contributed by atoms with E-state index in [1.165, 1.54) is 30.9 Å². The van der Waals surface area contributed by atoms with E-state index >= 15 is 0 Å². The number of hydrogen-bond donors (Lipinski definition) is 1. The molecule has 2 saturated heterocycles. The predicted molar refractivity (Wildman–Crippen MR) is 172 cm³/mol. The number of ether oxygens (including phenoxy) is 3. The summed E-state index contributed by atoms with van der Waals surface area (Å²) >= 11 is 14.0. The summed E-state index contributed by atoms with van der Waals surface area (Å²) in [4.78, 5) is 38.9. The Morgan fingerprint density at radius 2 is 1.84 bits per heavy atom. The van der Waals surface area contributed by atoms with Crippen molar-refractivity contribution in [2.24, 2.45) is 0 Å². The Hall–Kier alpha value is -3.38. The van der Waals surface area contributed by atoms with Crippen molar-refractivity contribution in [3.63, 3.8) is 0 Å². The van der Waals surface area contributed by atoms with Crippen LogP contribution in [0.5, 0.6) is 11.5 Å². The van der Waals surface area contributed by atoms with Gasteiger partial charge in [-0.05, 0) is 51.8 Å². The first kappa shape index (κ1) is 32.0. The van der Waals surface area contributed by atoms with Crippen LogP contribution in [0, 0.1) is 0 Å². The number of nitrogens with one attached hydrogen (secondary N) is 1. The number of anilines is 1. The fourth-order valence-electron chi connectivity index (χ4n) is 6.21. The Labute approximate surface area is 266 Å². The number of aromatic nitrogens is 3. The van der Waals surface area contributed by atoms with Crippen LogP contribution in [0.4, 0.5) is 5.95 Å². The van der Waals surface area contributed by atoms with Gasteiger partial charge in [0.1, 0.15) is 21.5 Å². The normalized spacial score (nSPS) is 20.6. The number of hydrogen-bond acceptors (Lipinski definition) is 9. The molecule has 3 unspecified atom stereocenters. The molecule has 1 amide bonds. The molecule has 1 N–H and O–H groups in total. The van der Waals surface area contributed by atoms with Crippen LogP contribution in [0.15, 0.2) is 35.8 Å². The zero-order valence-electron chi connectivity index (χ0n) is 25.4. The summed E-state index contributed by atoms with van der Waals surface area (Å²) in [5.74, 6) is 1.08. The van der Waals surface area contributed by atoms with Gasteiger partial charge in [-0.1, -0.05) is 29.8 Å². The number of pyridine rings is 1. The molecule has 236 valence electrons. The number of carbonyl (C=O) groups excluding carboxylic acids is 1. The van der Waals surface area contributed by atoms with Crippen LogP contribution in [0.25, 0.3) is 16.7 Å². The molecule has 2 aromatic heterocycles. The highest BCUT2D eigenvalue weighted by atomic mass is 35.5. The summed E-state index contributed by atoms with van der Waals surface area (Å²) in [6, 6.07) is 3.53. The Morgan fingerprint density at radius 1 is 1.16 bits per heavy atom. The fraction of sp³-hybridized carbons (Fsp3) is 0.484. The molecule has 4 heterocycles. The minimum Gasteiger partial charge on any atom is -0.495 e. The lowest BCUT2D eigenvalue weighted by atomic mass is 10.0. The van der Waals surface area contributed by atoms with E-state index in [2.05, 4.69) is 40.6 Å². The Morgan fingerprint density at radius 3 is 2.43 bits per heavy atom. The van der Waals surface area contributed by atoms with Crippen LogP contribution in [0.1, 0.15) is 32.3 Å². The molecule has 0 spiro atoms. The smallest absolute Gasteiger partial charge is 0.256 e. The average Bonchev–Trinajstić information content (AvgIpc) is 3.52. The molecule has 2 aliphatic rings. The third-order valence-electron chi connectivity index (χ3n) is 8.32. The lowest BCUT2D eigenvalue weighted by molar-refractivity contribution is -0.130. The second-order valence-corrected chi connectivity index (χ2v) is 11.9. The molecule has 0 bridgehead atoms. The summed E-state index contributed by atoms with van der Waals surface area (Å²) in [5, 5.41) is 4.26. The quantitative estimate of drug-likeness (QED) is 0.322. The molecule has 3 aromatic rings. The minimum atomic E-state index is -0.371. The maximum Gasteiger partial charge on any atom is 0.256 e. The average molecular weight is 646 g/mol. The highest BCUT2D eigenvalue weighted by Gasteiger charge is 2.32. The van der Waals surface area contributed by atoms with Crippen molar-refractivity contribution in [1.29, 1.82) is 0 Å². The summed E-state index contributed by atoms with van der Waals surface area (Å²) in [6.07, 6.45) is 5.16. The van der Waals surface area contributed by atoms with Crippen molar-refractivity contribution < 1.29 is 19.0 Å². The number of amides is 1. The number of rotatable bonds is 10. The Bertz CT molecular complexity index is 1570. The van der Waals surface area contributed by atoms with Gasteiger partial charge in [-0.15, -0.1) is 0 Å². The van der Waals surface area contributed by atoms with E-state index in [-0.39, 0.29) is 45.3 Å². The Kier molecular flexibility index (Phi) is 9.99. The summed E-state index contributed by atoms with van der Waals surface area (Å²) in [7, 11) is 3.06. The Balaban J connectivity index is 1.47. The van der Waals surface area contributed by atoms with E-state index < -0.39 is 0 Å². The van der Waals surface area contributed by atoms with Gasteiger partial charge in [0.05, 0.1) is 32.6 Å². The molecule has 3 atom stereocenters. The largest absolute Gasteiger partial charge is 0.495 e. The highest BCUT2D eigenvalue weighted by Crippen LogP contribution is 2.47. The van der Waals surface area contributed by atoms with Gasteiger partial charge in [0.2, 0.25) is 11.9 Å². The van der Waals surface area contributed by atoms with E-state index in [0.29, 0.717) is 66.8 Å². The molecule has 44 heavy (non-hydrogen) atoms. The SMILES string of the molecule is C=CC(=O)N1CC(C)N(CCCc2c(OC)c(Cl)c(-n3c(=O)ccc4cnc(NC5CCOC5)nc43)c(Cl)c2OC)C(C)C1. The zero-order valence-corrected chi connectivity index (χ0v) is 27.0. The van der Waals surface area contributed by atoms with Crippen molar-refractivity contribution in [2.45, 2.75) is 51.2 Å². The van der Waals surface area contributed by atoms with Gasteiger partial charge in [-0.3, -0.25) is 19.1 Å². The molecule has 0 aliphatic carbocycles. The third kappa shape index (κ3) is 6.24. The lowest BCUT2D eigenvalue weighted by Gasteiger charge is -2.44. The minimum absolute atomic E-state index is 0.0464. The van der Waals surface area contributed by atoms with Crippen LogP contribution in [-0.2, 0) is 16.0 Å². The summed E-state index contributed by atoms with van der Waals surface area (Å²) in [5.41, 5.74) is 0.900. The third-order valence-corrected chi connectivity index (χ3v) is 9.02. The molecule has 11 nitrogen and oxygen atoms in total. The summed E-state index contributed by atoms with van der Waals surface area (Å²) < 4.78 is 18.5. The van der Waals surface area contributed by atoms with Crippen molar-refractivity contribution in [3.05, 3.63) is 56.9 Å². The molecule has 2 fully saturated rings. The first-order chi connectivity index (χ1) is 21.2. The van der Waals surface area contributed by atoms with E-state index in [1.807, 2.05) is 4.90 Å². The topological polar surface area (TPSA) is 111 Å². The summed E-state index contributed by atoms with van der Waals surface area (Å²) in [6.45, 7) is 11.1. The number of halogens is 2. The van der Waals surface area contributed by atoms with Gasteiger partial charge in [0.15, 0.2) is 5.65 Å². The van der Waals surface area contributed by atoms with E-state index in [0.717, 1.165) is 19.4 Å². The van der Waals surface area contributed by atoms with Gasteiger partial charge in [-0.25, -0.2) is 4.98 Å². The first-order valence-electron chi connectivity index (χ1n) is 14.7. The van der Waals surface area contributed by atoms with E-state index in [9.17, 15) is 9.59 Å². The number of piperazine rings is 1. The zero-order chi connectivity index (χ0) is 31.5. The first-order valence-corrected chi connectivity index (χ1v) is 15.5. The number of benzene rings is 1. The maximum absolute atomic E-state index is 13.4. The maximum atomic E-state index is 13.4. The van der Waals surface area contributed by atoms with E-state index in [4.69, 9.17) is 37.4 Å². The van der Waals surface area contributed by atoms with Crippen molar-refractivity contribution in [1.82, 2.24) is 24.3 Å². The second-order valence-electron chi connectivity index (χ2n) is 11.2. The van der Waals surface area contributed by atoms with Crippen LogP contribution in [0.3, 0.4) is 0 Å². The molecule has 0 saturated carbocycles. The number of nitrogens with zero attached hydrogens (tertiary/aromatic N) is 5. The van der Waals surface area contributed by atoms with Crippen LogP contribution >= 0.6 is 23.2 Å². The predicted octanol–water partition coefficient (Wildman–Crippen LogP) is 4.35. The number of carbonyl (C=O) groups is 1. The van der Waals surface area contributed by atoms with Crippen molar-refractivity contribution in [2.75, 3.05) is 52.4 Å². The fourth-order valence-corrected chi connectivity index (χ4v) is 7.00. The van der Waals surface area contributed by atoms with Crippen LogP contribution < -0.4 is 20.3 Å². The van der Waals surface area contributed by atoms with Gasteiger partial charge >= 0.3 is 0 Å². The molecule has 2 aliphatic heterocycles. The second kappa shape index (κ2) is 13.7. The number of methoxy groups -OCH3 is 2. The van der Waals surface area contributed by atoms with E-state index in [1.54, 1.807) is 12.3 Å². The van der Waals surface area contributed by atoms with Crippen molar-refractivity contribution in [3.8, 4) is 17.2 Å². The van der Waals surface area contributed by atoms with Crippen LogP contribution in [0.2, 0.25) is 10.0 Å². The standard InChI is InChI=1S/C31H38Cl2N6O5/c1-6-23(40)37-15-18(2)38(19(3)16-37)12-7-8-22-28(42-4)25(32)27(26(33)29(22)43-5)39-24(41)10-9-20-14-34-31(36-30(20)39)35-21-11-13-44-17-21/h6,9-10,14,18-19,21H,1,7-8,11-13,15-17H2,2-5H3,(H,34,35,36). The lowest BCUT2D eigenvalue weighted by Crippen LogP contribution is -2.57. The van der Waals surface area contributed by atoms with Gasteiger partial charge < -0.3 is 24.4 Å². The molecule has 13 heteroatoms. The van der Waals surface area contributed by atoms with Crippen LogP contribution in [-0.4, -0.2) is 95.4 Å². The molecule has 5 rings (SSSR count). The highest BCUT2D eigenvalue weighted by molar-refractivity contribution is 6.40. The monoisotopic (exact) mass is 644 g/mol. The van der Waals surface area contributed by atoms with Gasteiger partial charge in [0.25, 0.3) is 5.56 Å². The van der Waals surface area contributed by atoms with Gasteiger partial charge in [0, 0.05) is 55.0 Å². The van der Waals surface area contributed by atoms with Crippen molar-refractivity contribution >= 4 is 46.1 Å². The molecule has 1 aromatic carbocycles. The molecule has 0 radical (unpaired) electrons. The molecular formula is C31H38Cl2N6O5. The number of fused-ring (bicyclic) bond motifs is 1. The molecular weight excluding hydrogens is 607 g/mol.